The summed E-state index contributed by atoms with van der Waals surface area (Å²) in [6.07, 6.45) is 3.38. The van der Waals surface area contributed by atoms with Crippen molar-refractivity contribution >= 4 is 16.1 Å². The predicted octanol–water partition coefficient (Wildman–Crippen LogP) is 4.00. The molecule has 26 heavy (non-hydrogen) atoms. The molecule has 1 aromatic rings. The molecule has 1 aliphatic rings. The first-order valence-corrected chi connectivity index (χ1v) is 9.64. The van der Waals surface area contributed by atoms with Gasteiger partial charge in [0.05, 0.1) is 13.0 Å². The van der Waals surface area contributed by atoms with Crippen molar-refractivity contribution in [2.24, 2.45) is 11.8 Å². The lowest BCUT2D eigenvalue weighted by Gasteiger charge is -2.31. The van der Waals surface area contributed by atoms with Crippen LogP contribution in [0.25, 0.3) is 0 Å². The lowest BCUT2D eigenvalue weighted by Crippen LogP contribution is -2.28. The third kappa shape index (κ3) is 4.69. The molecule has 0 N–H and O–H groups in total. The molecule has 0 spiro atoms. The van der Waals surface area contributed by atoms with Crippen molar-refractivity contribution in [2.45, 2.75) is 44.0 Å². The van der Waals surface area contributed by atoms with E-state index in [-0.39, 0.29) is 29.5 Å². The lowest BCUT2D eigenvalue weighted by molar-refractivity contribution is -0.147. The minimum atomic E-state index is -5.66. The van der Waals surface area contributed by atoms with E-state index >= 15 is 0 Å². The SMILES string of the molecule is COC(=O)C(C)C1CCC(c2ccc(OS(=O)(=O)C(F)(F)F)cc2)CC1. The molecule has 0 bridgehead atoms. The molecule has 146 valence electrons. The number of alkyl halides is 3. The van der Waals surface area contributed by atoms with Gasteiger partial charge in [-0.1, -0.05) is 19.1 Å². The molecule has 1 saturated carbocycles. The van der Waals surface area contributed by atoms with Gasteiger partial charge in [-0.25, -0.2) is 0 Å². The van der Waals surface area contributed by atoms with E-state index in [0.717, 1.165) is 31.2 Å². The summed E-state index contributed by atoms with van der Waals surface area (Å²) in [4.78, 5) is 11.6. The standard InChI is InChI=1S/C17H21F3O5S/c1-11(16(21)24-2)12-3-5-13(6-4-12)14-7-9-15(10-8-14)25-26(22,23)17(18,19)20/h7-13H,3-6H2,1-2H3. The van der Waals surface area contributed by atoms with Crippen LogP contribution in [-0.2, 0) is 19.6 Å². The molecular formula is C17H21F3O5S. The largest absolute Gasteiger partial charge is 0.534 e. The Morgan fingerprint density at radius 2 is 1.65 bits per heavy atom. The van der Waals surface area contributed by atoms with Gasteiger partial charge in [-0.3, -0.25) is 4.79 Å². The van der Waals surface area contributed by atoms with Crippen LogP contribution >= 0.6 is 0 Å². The lowest BCUT2D eigenvalue weighted by atomic mass is 9.74. The fourth-order valence-electron chi connectivity index (χ4n) is 3.30. The number of methoxy groups -OCH3 is 1. The quantitative estimate of drug-likeness (QED) is 0.429. The molecule has 1 aromatic carbocycles. The van der Waals surface area contributed by atoms with Crippen LogP contribution in [0.1, 0.15) is 44.1 Å². The maximum absolute atomic E-state index is 12.3. The Hall–Kier alpha value is -1.77. The smallest absolute Gasteiger partial charge is 0.469 e. The van der Waals surface area contributed by atoms with Gasteiger partial charge in [0.25, 0.3) is 0 Å². The fourth-order valence-corrected chi connectivity index (χ4v) is 3.76. The first-order valence-electron chi connectivity index (χ1n) is 8.23. The molecule has 0 aliphatic heterocycles. The Bertz CT molecular complexity index is 720. The van der Waals surface area contributed by atoms with Crippen LogP contribution in [0.4, 0.5) is 13.2 Å². The van der Waals surface area contributed by atoms with Crippen LogP contribution in [0.15, 0.2) is 24.3 Å². The fraction of sp³-hybridized carbons (Fsp3) is 0.588. The highest BCUT2D eigenvalue weighted by atomic mass is 32.2. The zero-order chi connectivity index (χ0) is 19.5. The summed E-state index contributed by atoms with van der Waals surface area (Å²) in [6.45, 7) is 1.85. The van der Waals surface area contributed by atoms with E-state index in [0.29, 0.717) is 0 Å². The number of esters is 1. The van der Waals surface area contributed by atoms with Gasteiger partial charge < -0.3 is 8.92 Å². The molecule has 0 aromatic heterocycles. The van der Waals surface area contributed by atoms with Gasteiger partial charge >= 0.3 is 21.6 Å². The zero-order valence-electron chi connectivity index (χ0n) is 14.5. The Labute approximate surface area is 150 Å². The van der Waals surface area contributed by atoms with Crippen LogP contribution in [-0.4, -0.2) is 27.0 Å². The van der Waals surface area contributed by atoms with Crippen LogP contribution in [0.2, 0.25) is 0 Å². The van der Waals surface area contributed by atoms with Gasteiger partial charge in [0.15, 0.2) is 0 Å². The molecule has 0 radical (unpaired) electrons. The van der Waals surface area contributed by atoms with E-state index in [2.05, 4.69) is 4.18 Å². The van der Waals surface area contributed by atoms with E-state index < -0.39 is 15.6 Å². The van der Waals surface area contributed by atoms with Gasteiger partial charge in [0, 0.05) is 0 Å². The molecule has 0 heterocycles. The Kier molecular flexibility index (Phi) is 6.21. The predicted molar refractivity (Wildman–Crippen MR) is 87.9 cm³/mol. The van der Waals surface area contributed by atoms with Crippen LogP contribution in [0, 0.1) is 11.8 Å². The minimum absolute atomic E-state index is 0.163. The van der Waals surface area contributed by atoms with Crippen molar-refractivity contribution in [3.63, 3.8) is 0 Å². The Balaban J connectivity index is 1.97. The van der Waals surface area contributed by atoms with Gasteiger partial charge in [-0.2, -0.15) is 21.6 Å². The summed E-state index contributed by atoms with van der Waals surface area (Å²) in [5.74, 6) is -0.299. The summed E-state index contributed by atoms with van der Waals surface area (Å²) < 4.78 is 67.9. The minimum Gasteiger partial charge on any atom is -0.469 e. The van der Waals surface area contributed by atoms with Crippen molar-refractivity contribution < 1.29 is 35.3 Å². The van der Waals surface area contributed by atoms with E-state index in [4.69, 9.17) is 4.74 Å². The molecule has 0 amide bonds. The van der Waals surface area contributed by atoms with Crippen molar-refractivity contribution in [1.82, 2.24) is 0 Å². The number of hydrogen-bond acceptors (Lipinski definition) is 5. The number of halogens is 3. The van der Waals surface area contributed by atoms with Crippen molar-refractivity contribution in [3.8, 4) is 5.75 Å². The summed E-state index contributed by atoms with van der Waals surface area (Å²) in [7, 11) is -4.29. The van der Waals surface area contributed by atoms with Gasteiger partial charge in [0.2, 0.25) is 0 Å². The molecule has 0 saturated heterocycles. The van der Waals surface area contributed by atoms with Crippen LogP contribution in [0.5, 0.6) is 5.75 Å². The molecule has 1 unspecified atom stereocenters. The van der Waals surface area contributed by atoms with Crippen molar-refractivity contribution in [2.75, 3.05) is 7.11 Å². The number of carbonyl (C=O) groups is 1. The number of ether oxygens (including phenoxy) is 1. The highest BCUT2D eigenvalue weighted by Gasteiger charge is 2.48. The number of hydrogen-bond donors (Lipinski definition) is 0. The van der Waals surface area contributed by atoms with Crippen molar-refractivity contribution in [1.29, 1.82) is 0 Å². The Morgan fingerprint density at radius 3 is 2.12 bits per heavy atom. The topological polar surface area (TPSA) is 69.7 Å². The second kappa shape index (κ2) is 7.85. The molecule has 1 aliphatic carbocycles. The second-order valence-electron chi connectivity index (χ2n) is 6.48. The number of carbonyl (C=O) groups excluding carboxylic acids is 1. The first-order chi connectivity index (χ1) is 12.0. The van der Waals surface area contributed by atoms with E-state index in [1.807, 2.05) is 6.92 Å². The highest BCUT2D eigenvalue weighted by molar-refractivity contribution is 7.88. The molecule has 5 nitrogen and oxygen atoms in total. The van der Waals surface area contributed by atoms with Crippen molar-refractivity contribution in [3.05, 3.63) is 29.8 Å². The highest BCUT2D eigenvalue weighted by Crippen LogP contribution is 2.39. The second-order valence-corrected chi connectivity index (χ2v) is 8.01. The Morgan fingerprint density at radius 1 is 1.12 bits per heavy atom. The van der Waals surface area contributed by atoms with Gasteiger partial charge in [-0.05, 0) is 55.2 Å². The molecular weight excluding hydrogens is 373 g/mol. The first kappa shape index (κ1) is 20.5. The van der Waals surface area contributed by atoms with E-state index in [1.54, 1.807) is 12.1 Å². The van der Waals surface area contributed by atoms with Crippen LogP contribution < -0.4 is 4.18 Å². The third-order valence-corrected chi connectivity index (χ3v) is 5.87. The number of benzene rings is 1. The average molecular weight is 394 g/mol. The maximum atomic E-state index is 12.3. The van der Waals surface area contributed by atoms with E-state index in [9.17, 15) is 26.4 Å². The average Bonchev–Trinajstić information content (AvgIpc) is 2.60. The monoisotopic (exact) mass is 394 g/mol. The van der Waals surface area contributed by atoms with Gasteiger partial charge in [-0.15, -0.1) is 0 Å². The zero-order valence-corrected chi connectivity index (χ0v) is 15.3. The normalized spacial score (nSPS) is 22.5. The molecule has 9 heteroatoms. The maximum Gasteiger partial charge on any atom is 0.534 e. The summed E-state index contributed by atoms with van der Waals surface area (Å²) in [5.41, 5.74) is -4.55. The molecule has 2 rings (SSSR count). The number of rotatable bonds is 5. The summed E-state index contributed by atoms with van der Waals surface area (Å²) >= 11 is 0. The molecule has 1 atom stereocenters. The third-order valence-electron chi connectivity index (χ3n) is 4.89. The summed E-state index contributed by atoms with van der Waals surface area (Å²) in [6, 6.07) is 5.61. The van der Waals surface area contributed by atoms with E-state index in [1.165, 1.54) is 19.2 Å². The van der Waals surface area contributed by atoms with Crippen LogP contribution in [0.3, 0.4) is 0 Å². The molecule has 1 fully saturated rings. The summed E-state index contributed by atoms with van der Waals surface area (Å²) in [5, 5.41) is 0. The van der Waals surface area contributed by atoms with Gasteiger partial charge in [0.1, 0.15) is 5.75 Å².